The molecule has 2 aromatic rings. The highest BCUT2D eigenvalue weighted by atomic mass is 16.2. The van der Waals surface area contributed by atoms with Crippen LogP contribution < -0.4 is 0 Å². The van der Waals surface area contributed by atoms with Crippen LogP contribution in [-0.4, -0.2) is 46.5 Å². The second kappa shape index (κ2) is 6.60. The Kier molecular flexibility index (Phi) is 4.31. The van der Waals surface area contributed by atoms with Crippen LogP contribution in [-0.2, 0) is 18.4 Å². The SMILES string of the molecule is Cn1ccc2c(CN3CCCN(C(=O)C4CCC4)CC3)cccc21. The van der Waals surface area contributed by atoms with E-state index >= 15 is 0 Å². The predicted molar refractivity (Wildman–Crippen MR) is 96.7 cm³/mol. The van der Waals surface area contributed by atoms with E-state index in [9.17, 15) is 4.79 Å². The van der Waals surface area contributed by atoms with E-state index in [2.05, 4.69) is 51.9 Å². The molecule has 4 nitrogen and oxygen atoms in total. The van der Waals surface area contributed by atoms with Crippen molar-refractivity contribution in [3.63, 3.8) is 0 Å². The minimum atomic E-state index is 0.328. The summed E-state index contributed by atoms with van der Waals surface area (Å²) < 4.78 is 2.18. The van der Waals surface area contributed by atoms with E-state index in [0.29, 0.717) is 11.8 Å². The van der Waals surface area contributed by atoms with Crippen molar-refractivity contribution in [2.24, 2.45) is 13.0 Å². The van der Waals surface area contributed by atoms with E-state index in [1.807, 2.05) is 0 Å². The van der Waals surface area contributed by atoms with Crippen LogP contribution in [0, 0.1) is 5.92 Å². The molecule has 0 N–H and O–H groups in total. The molecule has 128 valence electrons. The van der Waals surface area contributed by atoms with E-state index in [4.69, 9.17) is 0 Å². The van der Waals surface area contributed by atoms with Crippen molar-refractivity contribution in [3.05, 3.63) is 36.0 Å². The smallest absolute Gasteiger partial charge is 0.225 e. The second-order valence-electron chi connectivity index (χ2n) is 7.36. The van der Waals surface area contributed by atoms with Crippen LogP contribution in [0.5, 0.6) is 0 Å². The summed E-state index contributed by atoms with van der Waals surface area (Å²) in [5.74, 6) is 0.739. The molecule has 1 aromatic heterocycles. The summed E-state index contributed by atoms with van der Waals surface area (Å²) in [7, 11) is 2.10. The summed E-state index contributed by atoms with van der Waals surface area (Å²) in [6.07, 6.45) is 6.67. The molecule has 0 spiro atoms. The second-order valence-corrected chi connectivity index (χ2v) is 7.36. The maximum atomic E-state index is 12.5. The number of carbonyl (C=O) groups is 1. The Hall–Kier alpha value is -1.81. The van der Waals surface area contributed by atoms with E-state index in [0.717, 1.165) is 52.0 Å². The van der Waals surface area contributed by atoms with Crippen molar-refractivity contribution in [2.45, 2.75) is 32.2 Å². The fraction of sp³-hybridized carbons (Fsp3) is 0.550. The molecule has 24 heavy (non-hydrogen) atoms. The first kappa shape index (κ1) is 15.7. The van der Waals surface area contributed by atoms with Gasteiger partial charge in [-0.2, -0.15) is 0 Å². The van der Waals surface area contributed by atoms with Gasteiger partial charge in [-0.25, -0.2) is 0 Å². The number of amides is 1. The van der Waals surface area contributed by atoms with Gasteiger partial charge in [0.15, 0.2) is 0 Å². The summed E-state index contributed by atoms with van der Waals surface area (Å²) in [6, 6.07) is 8.79. The highest BCUT2D eigenvalue weighted by Crippen LogP contribution is 2.28. The molecule has 4 rings (SSSR count). The first-order valence-corrected chi connectivity index (χ1v) is 9.26. The number of fused-ring (bicyclic) bond motifs is 1. The Morgan fingerprint density at radius 1 is 1.08 bits per heavy atom. The van der Waals surface area contributed by atoms with E-state index in [1.165, 1.54) is 22.9 Å². The van der Waals surface area contributed by atoms with Gasteiger partial charge in [0.05, 0.1) is 0 Å². The number of nitrogens with zero attached hydrogens (tertiary/aromatic N) is 3. The van der Waals surface area contributed by atoms with E-state index < -0.39 is 0 Å². The molecule has 1 aliphatic carbocycles. The third-order valence-corrected chi connectivity index (χ3v) is 5.77. The van der Waals surface area contributed by atoms with Gasteiger partial charge in [0.1, 0.15) is 0 Å². The van der Waals surface area contributed by atoms with Crippen molar-refractivity contribution >= 4 is 16.8 Å². The fourth-order valence-electron chi connectivity index (χ4n) is 4.01. The lowest BCUT2D eigenvalue weighted by Crippen LogP contribution is -2.41. The highest BCUT2D eigenvalue weighted by Gasteiger charge is 2.30. The average Bonchev–Trinajstić information content (AvgIpc) is 2.77. The van der Waals surface area contributed by atoms with Gasteiger partial charge in [-0.15, -0.1) is 0 Å². The summed E-state index contributed by atoms with van der Waals surface area (Å²) in [6.45, 7) is 4.87. The normalized spacial score (nSPS) is 20.1. The Morgan fingerprint density at radius 2 is 1.96 bits per heavy atom. The molecule has 1 saturated carbocycles. The molecular formula is C20H27N3O. The lowest BCUT2D eigenvalue weighted by Gasteiger charge is -2.31. The average molecular weight is 325 g/mol. The maximum absolute atomic E-state index is 12.5. The Morgan fingerprint density at radius 3 is 2.75 bits per heavy atom. The van der Waals surface area contributed by atoms with Gasteiger partial charge in [-0.1, -0.05) is 18.6 Å². The van der Waals surface area contributed by atoms with E-state index in [1.54, 1.807) is 0 Å². The fourth-order valence-corrected chi connectivity index (χ4v) is 4.01. The molecule has 1 aromatic carbocycles. The third kappa shape index (κ3) is 2.95. The number of hydrogen-bond acceptors (Lipinski definition) is 2. The molecule has 1 aliphatic heterocycles. The van der Waals surface area contributed by atoms with Crippen LogP contribution in [0.3, 0.4) is 0 Å². The summed E-state index contributed by atoms with van der Waals surface area (Å²) in [5.41, 5.74) is 2.69. The standard InChI is InChI=1S/C20H27N3O/c1-21-12-9-18-17(7-3-8-19(18)21)15-22-10-4-11-23(14-13-22)20(24)16-5-2-6-16/h3,7-9,12,16H,2,4-6,10-11,13-15H2,1H3. The van der Waals surface area contributed by atoms with Gasteiger partial charge in [-0.3, -0.25) is 9.69 Å². The zero-order valence-corrected chi connectivity index (χ0v) is 14.6. The van der Waals surface area contributed by atoms with Crippen molar-refractivity contribution in [1.82, 2.24) is 14.4 Å². The zero-order chi connectivity index (χ0) is 16.5. The number of aryl methyl sites for hydroxylation is 1. The van der Waals surface area contributed by atoms with Gasteiger partial charge in [0.25, 0.3) is 0 Å². The molecule has 2 fully saturated rings. The summed E-state index contributed by atoms with van der Waals surface area (Å²) in [4.78, 5) is 17.1. The number of hydrogen-bond donors (Lipinski definition) is 0. The van der Waals surface area contributed by atoms with Crippen LogP contribution in [0.4, 0.5) is 0 Å². The quantitative estimate of drug-likeness (QED) is 0.868. The van der Waals surface area contributed by atoms with E-state index in [-0.39, 0.29) is 0 Å². The van der Waals surface area contributed by atoms with Crippen LogP contribution >= 0.6 is 0 Å². The third-order valence-electron chi connectivity index (χ3n) is 5.77. The van der Waals surface area contributed by atoms with Gasteiger partial charge in [0.2, 0.25) is 5.91 Å². The van der Waals surface area contributed by atoms with Gasteiger partial charge >= 0.3 is 0 Å². The molecule has 1 saturated heterocycles. The molecule has 0 bridgehead atoms. The van der Waals surface area contributed by atoms with Gasteiger partial charge in [0, 0.05) is 62.8 Å². The number of benzene rings is 1. The molecule has 2 aliphatic rings. The van der Waals surface area contributed by atoms with Crippen LogP contribution in [0.25, 0.3) is 10.9 Å². The monoisotopic (exact) mass is 325 g/mol. The molecule has 2 heterocycles. The molecule has 0 atom stereocenters. The highest BCUT2D eigenvalue weighted by molar-refractivity contribution is 5.83. The number of rotatable bonds is 3. The van der Waals surface area contributed by atoms with Crippen molar-refractivity contribution in [2.75, 3.05) is 26.2 Å². The lowest BCUT2D eigenvalue weighted by molar-refractivity contribution is -0.138. The Bertz CT molecular complexity index is 732. The maximum Gasteiger partial charge on any atom is 0.225 e. The van der Waals surface area contributed by atoms with Crippen molar-refractivity contribution in [1.29, 1.82) is 0 Å². The molecule has 0 unspecified atom stereocenters. The largest absolute Gasteiger partial charge is 0.351 e. The van der Waals surface area contributed by atoms with Gasteiger partial charge < -0.3 is 9.47 Å². The zero-order valence-electron chi connectivity index (χ0n) is 14.6. The predicted octanol–water partition coefficient (Wildman–Crippen LogP) is 3.01. The van der Waals surface area contributed by atoms with Crippen LogP contribution in [0.1, 0.15) is 31.2 Å². The lowest BCUT2D eigenvalue weighted by atomic mass is 9.84. The Labute approximate surface area is 144 Å². The van der Waals surface area contributed by atoms with Crippen molar-refractivity contribution < 1.29 is 4.79 Å². The van der Waals surface area contributed by atoms with Crippen LogP contribution in [0.2, 0.25) is 0 Å². The van der Waals surface area contributed by atoms with Crippen LogP contribution in [0.15, 0.2) is 30.5 Å². The Balaban J connectivity index is 1.42. The first-order valence-electron chi connectivity index (χ1n) is 9.26. The summed E-state index contributed by atoms with van der Waals surface area (Å²) in [5, 5.41) is 1.35. The molecule has 4 heteroatoms. The summed E-state index contributed by atoms with van der Waals surface area (Å²) >= 11 is 0. The minimum absolute atomic E-state index is 0.328. The molecular weight excluding hydrogens is 298 g/mol. The van der Waals surface area contributed by atoms with Gasteiger partial charge in [-0.05, 0) is 37.0 Å². The first-order chi connectivity index (χ1) is 11.7. The number of carbonyl (C=O) groups excluding carboxylic acids is 1. The minimum Gasteiger partial charge on any atom is -0.351 e. The number of aromatic nitrogens is 1. The molecule has 0 radical (unpaired) electrons. The molecule has 1 amide bonds. The van der Waals surface area contributed by atoms with Crippen molar-refractivity contribution in [3.8, 4) is 0 Å². The topological polar surface area (TPSA) is 28.5 Å².